The zero-order chi connectivity index (χ0) is 21.2. The molecule has 0 aliphatic heterocycles. The number of aromatic nitrogens is 4. The van der Waals surface area contributed by atoms with Gasteiger partial charge in [0, 0.05) is 34.2 Å². The predicted molar refractivity (Wildman–Crippen MR) is 127 cm³/mol. The summed E-state index contributed by atoms with van der Waals surface area (Å²) < 4.78 is 1.65. The second kappa shape index (κ2) is 9.71. The van der Waals surface area contributed by atoms with Crippen LogP contribution in [0.15, 0.2) is 96.2 Å². The van der Waals surface area contributed by atoms with Gasteiger partial charge >= 0.3 is 29.6 Å². The maximum Gasteiger partial charge on any atom is 1.00 e. The van der Waals surface area contributed by atoms with E-state index < -0.39 is 0 Å². The van der Waals surface area contributed by atoms with Gasteiger partial charge in [-0.15, -0.1) is 0 Å². The Bertz CT molecular complexity index is 1410. The summed E-state index contributed by atoms with van der Waals surface area (Å²) in [6.45, 7) is 1.97. The zero-order valence-corrected chi connectivity index (χ0v) is 20.6. The minimum atomic E-state index is 0. The number of aryl methyl sites for hydroxylation is 1. The number of nitrogens with zero attached hydrogens (tertiary/aromatic N) is 5. The van der Waals surface area contributed by atoms with Crippen LogP contribution in [0.1, 0.15) is 5.69 Å². The monoisotopic (exact) mass is 443 g/mol. The van der Waals surface area contributed by atoms with Crippen molar-refractivity contribution in [1.82, 2.24) is 19.7 Å². The van der Waals surface area contributed by atoms with E-state index in [9.17, 15) is 0 Å². The molecule has 0 fully saturated rings. The van der Waals surface area contributed by atoms with Crippen LogP contribution in [0.2, 0.25) is 0 Å². The molecule has 0 radical (unpaired) electrons. The Morgan fingerprint density at radius 1 is 0.875 bits per heavy atom. The van der Waals surface area contributed by atoms with E-state index in [1.165, 1.54) is 0 Å². The molecule has 0 bridgehead atoms. The van der Waals surface area contributed by atoms with E-state index in [0.29, 0.717) is 5.17 Å². The van der Waals surface area contributed by atoms with Crippen LogP contribution in [0.4, 0.5) is 5.69 Å². The summed E-state index contributed by atoms with van der Waals surface area (Å²) in [5.41, 5.74) is 6.14. The van der Waals surface area contributed by atoms with Crippen molar-refractivity contribution >= 4 is 34.4 Å². The van der Waals surface area contributed by atoms with Crippen molar-refractivity contribution in [1.29, 1.82) is 0 Å². The van der Waals surface area contributed by atoms with Crippen molar-refractivity contribution in [3.63, 3.8) is 0 Å². The van der Waals surface area contributed by atoms with Crippen molar-refractivity contribution in [2.45, 2.75) is 6.92 Å². The van der Waals surface area contributed by atoms with Gasteiger partial charge in [0.2, 0.25) is 0 Å². The first-order chi connectivity index (χ1) is 15.2. The summed E-state index contributed by atoms with van der Waals surface area (Å²) in [6.07, 6.45) is 3.74. The van der Waals surface area contributed by atoms with E-state index in [-0.39, 0.29) is 29.6 Å². The van der Waals surface area contributed by atoms with Crippen LogP contribution in [-0.2, 0) is 12.6 Å². The molecular formula is C25H18N5NaS. The van der Waals surface area contributed by atoms with E-state index in [1.807, 2.05) is 92.1 Å². The molecule has 5 rings (SSSR count). The number of hydrogen-bond acceptors (Lipinski definition) is 5. The molecule has 0 unspecified atom stereocenters. The van der Waals surface area contributed by atoms with Crippen molar-refractivity contribution < 1.29 is 29.6 Å². The standard InChI is InChI=1S/C25H19N5S.Na/c1-17-8-7-13-23(27-17)24-21(19-14-15-26-22-12-6-5-11-20(19)22)16-30(29-24)25(31)28-18-9-3-2-4-10-18;/h2-16H,1H3,(H,28,31);/q;+1/p-1. The van der Waals surface area contributed by atoms with E-state index >= 15 is 0 Å². The molecule has 0 amide bonds. The number of rotatable bonds is 3. The molecule has 0 N–H and O–H groups in total. The Hall–Kier alpha value is -2.90. The summed E-state index contributed by atoms with van der Waals surface area (Å²) in [5.74, 6) is 0. The average Bonchev–Trinajstić information content (AvgIpc) is 3.25. The van der Waals surface area contributed by atoms with Crippen molar-refractivity contribution in [3.05, 3.63) is 97.0 Å². The van der Waals surface area contributed by atoms with Gasteiger partial charge < -0.3 is 12.6 Å². The van der Waals surface area contributed by atoms with E-state index in [2.05, 4.69) is 16.0 Å². The van der Waals surface area contributed by atoms with Gasteiger partial charge in [-0.2, -0.15) is 5.10 Å². The third-order valence-corrected chi connectivity index (χ3v) is 5.24. The van der Waals surface area contributed by atoms with Crippen molar-refractivity contribution in [2.75, 3.05) is 0 Å². The zero-order valence-electron chi connectivity index (χ0n) is 17.8. The van der Waals surface area contributed by atoms with Gasteiger partial charge in [-0.1, -0.05) is 42.5 Å². The van der Waals surface area contributed by atoms with E-state index in [4.69, 9.17) is 22.7 Å². The summed E-state index contributed by atoms with van der Waals surface area (Å²) in [6, 6.07) is 25.6. The third-order valence-electron chi connectivity index (χ3n) is 4.96. The summed E-state index contributed by atoms with van der Waals surface area (Å²) in [5, 5.41) is 6.21. The fourth-order valence-electron chi connectivity index (χ4n) is 3.53. The Balaban J connectivity index is 0.00000245. The van der Waals surface area contributed by atoms with Crippen LogP contribution in [0.3, 0.4) is 0 Å². The maximum atomic E-state index is 5.60. The Morgan fingerprint density at radius 3 is 2.47 bits per heavy atom. The quantitative estimate of drug-likeness (QED) is 0.186. The summed E-state index contributed by atoms with van der Waals surface area (Å²) in [7, 11) is 0. The van der Waals surface area contributed by atoms with Gasteiger partial charge in [0.05, 0.1) is 16.9 Å². The second-order valence-corrected chi connectivity index (χ2v) is 7.47. The fraction of sp³-hybridized carbons (Fsp3) is 0.0400. The van der Waals surface area contributed by atoms with Crippen LogP contribution in [0.5, 0.6) is 0 Å². The molecule has 5 aromatic rings. The fourth-order valence-corrected chi connectivity index (χ4v) is 3.73. The van der Waals surface area contributed by atoms with Crippen LogP contribution < -0.4 is 29.6 Å². The van der Waals surface area contributed by atoms with Gasteiger partial charge in [0.25, 0.3) is 0 Å². The molecule has 3 aromatic heterocycles. The van der Waals surface area contributed by atoms with Crippen LogP contribution in [0.25, 0.3) is 33.4 Å². The number of benzene rings is 2. The first-order valence-corrected chi connectivity index (χ1v) is 10.3. The summed E-state index contributed by atoms with van der Waals surface area (Å²) in [4.78, 5) is 13.7. The van der Waals surface area contributed by atoms with Crippen LogP contribution in [0, 0.1) is 6.92 Å². The topological polar surface area (TPSA) is 56.0 Å². The summed E-state index contributed by atoms with van der Waals surface area (Å²) >= 11 is 5.60. The molecule has 7 heteroatoms. The van der Waals surface area contributed by atoms with Gasteiger partial charge in [-0.25, -0.2) is 4.68 Å². The maximum absolute atomic E-state index is 5.60. The van der Waals surface area contributed by atoms with Gasteiger partial charge in [-0.3, -0.25) is 15.0 Å². The van der Waals surface area contributed by atoms with Crippen LogP contribution in [-0.4, -0.2) is 24.9 Å². The Labute approximate surface area is 214 Å². The molecule has 5 nitrogen and oxygen atoms in total. The Morgan fingerprint density at radius 2 is 1.66 bits per heavy atom. The van der Waals surface area contributed by atoms with Crippen molar-refractivity contribution in [2.24, 2.45) is 4.99 Å². The number of para-hydroxylation sites is 2. The number of pyridine rings is 2. The molecule has 0 aliphatic rings. The third kappa shape index (κ3) is 4.49. The Kier molecular flexibility index (Phi) is 6.77. The first-order valence-electron chi connectivity index (χ1n) is 9.88. The number of hydrogen-bond donors (Lipinski definition) is 0. The van der Waals surface area contributed by atoms with Gasteiger partial charge in [-0.05, 0) is 48.9 Å². The molecule has 0 saturated heterocycles. The van der Waals surface area contributed by atoms with Crippen LogP contribution >= 0.6 is 0 Å². The average molecular weight is 444 g/mol. The second-order valence-electron chi connectivity index (χ2n) is 7.11. The van der Waals surface area contributed by atoms with Crippen molar-refractivity contribution in [3.8, 4) is 22.5 Å². The molecule has 0 spiro atoms. The largest absolute Gasteiger partial charge is 1.00 e. The molecule has 32 heavy (non-hydrogen) atoms. The molecule has 150 valence electrons. The first kappa shape index (κ1) is 22.3. The smallest absolute Gasteiger partial charge is 0.740 e. The van der Waals surface area contributed by atoms with Gasteiger partial charge in [0.1, 0.15) is 5.69 Å². The number of fused-ring (bicyclic) bond motifs is 1. The van der Waals surface area contributed by atoms with E-state index in [0.717, 1.165) is 44.8 Å². The number of aliphatic imine (C=N–C) groups is 1. The molecular weight excluding hydrogens is 425 g/mol. The minimum Gasteiger partial charge on any atom is -0.740 e. The SMILES string of the molecule is Cc1cccc(-c2nn(C([S-])=Nc3ccccc3)cc2-c2ccnc3ccccc23)n1.[Na+]. The molecule has 2 aromatic carbocycles. The molecule has 0 atom stereocenters. The van der Waals surface area contributed by atoms with E-state index in [1.54, 1.807) is 4.68 Å². The minimum absolute atomic E-state index is 0. The van der Waals surface area contributed by atoms with Gasteiger partial charge in [0.15, 0.2) is 0 Å². The molecule has 3 heterocycles. The predicted octanol–water partition coefficient (Wildman–Crippen LogP) is 2.56. The molecule has 0 saturated carbocycles. The normalized spacial score (nSPS) is 11.3. The molecule has 0 aliphatic carbocycles.